The Balaban J connectivity index is 1.67. The monoisotopic (exact) mass is 317 g/mol. The van der Waals surface area contributed by atoms with Crippen molar-refractivity contribution in [2.45, 2.75) is 51.2 Å². The average molecular weight is 317 g/mol. The second-order valence-electron chi connectivity index (χ2n) is 6.70. The SMILES string of the molecule is CCN1CCC[C@H]1CN(Cc1ccc(O)cc1)C(=O)NC1CC1. The largest absolute Gasteiger partial charge is 0.508 e. The number of amides is 2. The molecule has 1 aromatic carbocycles. The summed E-state index contributed by atoms with van der Waals surface area (Å²) < 4.78 is 0. The number of carbonyl (C=O) groups is 1. The third-order valence-electron chi connectivity index (χ3n) is 4.84. The van der Waals surface area contributed by atoms with Gasteiger partial charge in [-0.3, -0.25) is 4.90 Å². The first kappa shape index (κ1) is 16.1. The number of likely N-dealkylation sites (tertiary alicyclic amines) is 1. The van der Waals surface area contributed by atoms with Gasteiger partial charge in [0, 0.05) is 25.2 Å². The zero-order valence-corrected chi connectivity index (χ0v) is 13.9. The molecule has 1 saturated heterocycles. The van der Waals surface area contributed by atoms with Crippen molar-refractivity contribution in [2.75, 3.05) is 19.6 Å². The van der Waals surface area contributed by atoms with E-state index in [0.29, 0.717) is 18.6 Å². The Morgan fingerprint density at radius 2 is 2.04 bits per heavy atom. The van der Waals surface area contributed by atoms with Gasteiger partial charge in [0.05, 0.1) is 0 Å². The molecule has 0 aromatic heterocycles. The molecule has 1 atom stereocenters. The molecule has 2 amide bonds. The van der Waals surface area contributed by atoms with Crippen LogP contribution in [0.15, 0.2) is 24.3 Å². The van der Waals surface area contributed by atoms with Crippen molar-refractivity contribution in [3.8, 4) is 5.75 Å². The number of hydrogen-bond donors (Lipinski definition) is 2. The van der Waals surface area contributed by atoms with Crippen LogP contribution in [-0.4, -0.2) is 52.7 Å². The van der Waals surface area contributed by atoms with E-state index in [-0.39, 0.29) is 11.8 Å². The maximum atomic E-state index is 12.6. The van der Waals surface area contributed by atoms with Crippen LogP contribution in [0.3, 0.4) is 0 Å². The predicted octanol–water partition coefficient (Wildman–Crippen LogP) is 2.55. The van der Waals surface area contributed by atoms with Crippen molar-refractivity contribution in [3.63, 3.8) is 0 Å². The summed E-state index contributed by atoms with van der Waals surface area (Å²) in [4.78, 5) is 17.0. The molecular weight excluding hydrogens is 290 g/mol. The number of benzene rings is 1. The molecule has 0 radical (unpaired) electrons. The van der Waals surface area contributed by atoms with Crippen molar-refractivity contribution >= 4 is 6.03 Å². The third kappa shape index (κ3) is 4.38. The second-order valence-corrected chi connectivity index (χ2v) is 6.70. The Labute approximate surface area is 138 Å². The molecule has 1 saturated carbocycles. The predicted molar refractivity (Wildman–Crippen MR) is 90.3 cm³/mol. The Morgan fingerprint density at radius 1 is 1.30 bits per heavy atom. The molecular formula is C18H27N3O2. The standard InChI is InChI=1S/C18H27N3O2/c1-2-20-11-3-4-16(20)13-21(18(23)19-15-7-8-15)12-14-5-9-17(22)10-6-14/h5-6,9-10,15-16,22H,2-4,7-8,11-13H2,1H3,(H,19,23)/t16-/m0/s1. The van der Waals surface area contributed by atoms with Crippen LogP contribution < -0.4 is 5.32 Å². The molecule has 0 unspecified atom stereocenters. The van der Waals surface area contributed by atoms with Crippen LogP contribution in [0.5, 0.6) is 5.75 Å². The van der Waals surface area contributed by atoms with E-state index in [1.807, 2.05) is 17.0 Å². The highest BCUT2D eigenvalue weighted by atomic mass is 16.3. The first-order chi connectivity index (χ1) is 11.2. The lowest BCUT2D eigenvalue weighted by atomic mass is 10.1. The van der Waals surface area contributed by atoms with Crippen LogP contribution in [-0.2, 0) is 6.54 Å². The molecule has 3 rings (SSSR count). The first-order valence-corrected chi connectivity index (χ1v) is 8.73. The lowest BCUT2D eigenvalue weighted by Crippen LogP contribution is -2.47. The number of nitrogens with one attached hydrogen (secondary N) is 1. The van der Waals surface area contributed by atoms with Crippen LogP contribution >= 0.6 is 0 Å². The van der Waals surface area contributed by atoms with Gasteiger partial charge >= 0.3 is 6.03 Å². The van der Waals surface area contributed by atoms with Crippen LogP contribution in [0.1, 0.15) is 38.2 Å². The fourth-order valence-electron chi connectivity index (χ4n) is 3.31. The molecule has 2 N–H and O–H groups in total. The quantitative estimate of drug-likeness (QED) is 0.848. The van der Waals surface area contributed by atoms with Gasteiger partial charge < -0.3 is 15.3 Å². The highest BCUT2D eigenvalue weighted by Crippen LogP contribution is 2.22. The van der Waals surface area contributed by atoms with Crippen molar-refractivity contribution in [1.82, 2.24) is 15.1 Å². The number of likely N-dealkylation sites (N-methyl/N-ethyl adjacent to an activating group) is 1. The number of phenolic OH excluding ortho intramolecular Hbond substituents is 1. The summed E-state index contributed by atoms with van der Waals surface area (Å²) in [6, 6.07) is 8.01. The molecule has 1 aliphatic heterocycles. The van der Waals surface area contributed by atoms with E-state index in [1.54, 1.807) is 12.1 Å². The van der Waals surface area contributed by atoms with Crippen LogP contribution in [0.25, 0.3) is 0 Å². The summed E-state index contributed by atoms with van der Waals surface area (Å²) >= 11 is 0. The maximum absolute atomic E-state index is 12.6. The number of urea groups is 1. The molecule has 2 fully saturated rings. The van der Waals surface area contributed by atoms with Crippen LogP contribution in [0.4, 0.5) is 4.79 Å². The van der Waals surface area contributed by atoms with Crippen molar-refractivity contribution in [2.24, 2.45) is 0 Å². The smallest absolute Gasteiger partial charge is 0.317 e. The van der Waals surface area contributed by atoms with Crippen molar-refractivity contribution in [3.05, 3.63) is 29.8 Å². The third-order valence-corrected chi connectivity index (χ3v) is 4.84. The summed E-state index contributed by atoms with van der Waals surface area (Å²) in [6.07, 6.45) is 4.58. The van der Waals surface area contributed by atoms with Gasteiger partial charge in [0.1, 0.15) is 5.75 Å². The lowest BCUT2D eigenvalue weighted by Gasteiger charge is -2.30. The molecule has 5 nitrogen and oxygen atoms in total. The van der Waals surface area contributed by atoms with E-state index in [0.717, 1.165) is 44.5 Å². The molecule has 1 heterocycles. The zero-order chi connectivity index (χ0) is 16.2. The normalized spacial score (nSPS) is 21.3. The number of rotatable bonds is 6. The van der Waals surface area contributed by atoms with E-state index in [1.165, 1.54) is 6.42 Å². The molecule has 126 valence electrons. The van der Waals surface area contributed by atoms with Gasteiger partial charge in [0.25, 0.3) is 0 Å². The van der Waals surface area contributed by atoms with Crippen molar-refractivity contribution in [1.29, 1.82) is 0 Å². The van der Waals surface area contributed by atoms with E-state index in [4.69, 9.17) is 0 Å². The van der Waals surface area contributed by atoms with E-state index >= 15 is 0 Å². The summed E-state index contributed by atoms with van der Waals surface area (Å²) in [5.74, 6) is 0.260. The summed E-state index contributed by atoms with van der Waals surface area (Å²) in [5.41, 5.74) is 1.05. The highest BCUT2D eigenvalue weighted by Gasteiger charge is 2.30. The van der Waals surface area contributed by atoms with Gasteiger partial charge in [-0.15, -0.1) is 0 Å². The Morgan fingerprint density at radius 3 is 2.70 bits per heavy atom. The van der Waals surface area contributed by atoms with Crippen LogP contribution in [0.2, 0.25) is 0 Å². The topological polar surface area (TPSA) is 55.8 Å². The van der Waals surface area contributed by atoms with Gasteiger partial charge in [0.15, 0.2) is 0 Å². The molecule has 5 heteroatoms. The van der Waals surface area contributed by atoms with Gasteiger partial charge in [-0.05, 0) is 56.5 Å². The zero-order valence-electron chi connectivity index (χ0n) is 13.9. The van der Waals surface area contributed by atoms with E-state index in [9.17, 15) is 9.90 Å². The minimum atomic E-state index is 0.0449. The molecule has 1 aliphatic carbocycles. The Bertz CT molecular complexity index is 528. The summed E-state index contributed by atoms with van der Waals surface area (Å²) in [6.45, 7) is 5.73. The van der Waals surface area contributed by atoms with Gasteiger partial charge in [-0.2, -0.15) is 0 Å². The fraction of sp³-hybridized carbons (Fsp3) is 0.611. The molecule has 0 bridgehead atoms. The van der Waals surface area contributed by atoms with Crippen molar-refractivity contribution < 1.29 is 9.90 Å². The Kier molecular flexibility index (Phi) is 5.06. The molecule has 2 aliphatic rings. The minimum absolute atomic E-state index is 0.0449. The van der Waals surface area contributed by atoms with E-state index < -0.39 is 0 Å². The Hall–Kier alpha value is -1.75. The van der Waals surface area contributed by atoms with Gasteiger partial charge in [-0.1, -0.05) is 19.1 Å². The van der Waals surface area contributed by atoms with Crippen LogP contribution in [0, 0.1) is 0 Å². The molecule has 23 heavy (non-hydrogen) atoms. The number of hydrogen-bond acceptors (Lipinski definition) is 3. The maximum Gasteiger partial charge on any atom is 0.317 e. The second kappa shape index (κ2) is 7.21. The minimum Gasteiger partial charge on any atom is -0.508 e. The number of nitrogens with zero attached hydrogens (tertiary/aromatic N) is 2. The molecule has 1 aromatic rings. The summed E-state index contributed by atoms with van der Waals surface area (Å²) in [7, 11) is 0. The highest BCUT2D eigenvalue weighted by molar-refractivity contribution is 5.75. The molecule has 0 spiro atoms. The first-order valence-electron chi connectivity index (χ1n) is 8.73. The fourth-order valence-corrected chi connectivity index (χ4v) is 3.31. The lowest BCUT2D eigenvalue weighted by molar-refractivity contribution is 0.164. The number of aromatic hydroxyl groups is 1. The average Bonchev–Trinajstić information content (AvgIpc) is 3.24. The van der Waals surface area contributed by atoms with Gasteiger partial charge in [0.2, 0.25) is 0 Å². The number of phenols is 1. The van der Waals surface area contributed by atoms with E-state index in [2.05, 4.69) is 17.1 Å². The number of carbonyl (C=O) groups excluding carboxylic acids is 1. The van der Waals surface area contributed by atoms with Gasteiger partial charge in [-0.25, -0.2) is 4.79 Å². The summed E-state index contributed by atoms with van der Waals surface area (Å²) in [5, 5.41) is 12.5.